The number of benzene rings is 2. The van der Waals surface area contributed by atoms with Crippen LogP contribution in [0.1, 0.15) is 17.4 Å². The topological polar surface area (TPSA) is 120 Å². The molecule has 8 nitrogen and oxygen atoms in total. The fraction of sp³-hybridized carbons (Fsp3) is 0.125. The van der Waals surface area contributed by atoms with E-state index in [1.54, 1.807) is 18.2 Å². The molecule has 0 spiro atoms. The fourth-order valence-corrected chi connectivity index (χ4v) is 2.34. The van der Waals surface area contributed by atoms with Crippen LogP contribution in [0.4, 0.5) is 10.1 Å². The van der Waals surface area contributed by atoms with Gasteiger partial charge >= 0.3 is 5.69 Å². The van der Waals surface area contributed by atoms with Gasteiger partial charge in [0, 0.05) is 11.6 Å². The molecule has 0 saturated carbocycles. The number of hydrogen-bond donors (Lipinski definition) is 2. The highest BCUT2D eigenvalue weighted by atomic mass is 19.1. The van der Waals surface area contributed by atoms with Crippen molar-refractivity contribution < 1.29 is 14.1 Å². The van der Waals surface area contributed by atoms with Gasteiger partial charge in [-0.1, -0.05) is 12.1 Å². The predicted octanol–water partition coefficient (Wildman–Crippen LogP) is 2.58. The fourth-order valence-electron chi connectivity index (χ4n) is 2.34. The third-order valence-corrected chi connectivity index (χ3v) is 3.66. The molecule has 3 aromatic rings. The molecule has 0 fully saturated rings. The van der Waals surface area contributed by atoms with Gasteiger partial charge in [-0.3, -0.25) is 15.2 Å². The molecular weight excluding hydrogens is 329 g/mol. The molecule has 0 aliphatic heterocycles. The third kappa shape index (κ3) is 3.31. The van der Waals surface area contributed by atoms with Gasteiger partial charge in [-0.15, -0.1) is 0 Å². The first kappa shape index (κ1) is 16.5. The highest BCUT2D eigenvalue weighted by Crippen LogP contribution is 2.31. The first-order valence-electron chi connectivity index (χ1n) is 7.25. The number of nitrogens with two attached hydrogens (primary N) is 1. The summed E-state index contributed by atoms with van der Waals surface area (Å²) in [6.45, 7) is 0. The van der Waals surface area contributed by atoms with Crippen molar-refractivity contribution >= 4 is 5.69 Å². The Labute approximate surface area is 141 Å². The number of nitro benzene ring substituents is 1. The van der Waals surface area contributed by atoms with Crippen molar-refractivity contribution in [3.05, 3.63) is 69.8 Å². The second-order valence-electron chi connectivity index (χ2n) is 5.22. The van der Waals surface area contributed by atoms with E-state index in [2.05, 4.69) is 15.2 Å². The Morgan fingerprint density at radius 3 is 2.64 bits per heavy atom. The van der Waals surface area contributed by atoms with Crippen molar-refractivity contribution in [3.63, 3.8) is 0 Å². The van der Waals surface area contributed by atoms with E-state index in [9.17, 15) is 14.5 Å². The van der Waals surface area contributed by atoms with Crippen LogP contribution in [-0.2, 0) is 0 Å². The van der Waals surface area contributed by atoms with Crippen LogP contribution in [0.15, 0.2) is 42.5 Å². The van der Waals surface area contributed by atoms with E-state index < -0.39 is 11.0 Å². The molecule has 1 aromatic heterocycles. The Morgan fingerprint density at radius 1 is 1.28 bits per heavy atom. The normalized spacial score (nSPS) is 12.0. The van der Waals surface area contributed by atoms with Gasteiger partial charge in [0.1, 0.15) is 11.6 Å². The van der Waals surface area contributed by atoms with Gasteiger partial charge in [-0.2, -0.15) is 5.10 Å². The molecule has 25 heavy (non-hydrogen) atoms. The summed E-state index contributed by atoms with van der Waals surface area (Å²) in [5.41, 5.74) is 7.01. The van der Waals surface area contributed by atoms with E-state index in [0.29, 0.717) is 17.0 Å². The summed E-state index contributed by atoms with van der Waals surface area (Å²) in [4.78, 5) is 14.9. The Bertz CT molecular complexity index is 910. The van der Waals surface area contributed by atoms with E-state index in [1.165, 1.54) is 31.4 Å². The predicted molar refractivity (Wildman–Crippen MR) is 87.5 cm³/mol. The van der Waals surface area contributed by atoms with Crippen molar-refractivity contribution in [2.24, 2.45) is 5.73 Å². The molecule has 1 heterocycles. The number of H-pyrrole nitrogens is 1. The van der Waals surface area contributed by atoms with Crippen LogP contribution < -0.4 is 10.5 Å². The van der Waals surface area contributed by atoms with Crippen molar-refractivity contribution in [1.82, 2.24) is 15.2 Å². The molecular formula is C16H14FN5O3. The zero-order valence-corrected chi connectivity index (χ0v) is 13.1. The van der Waals surface area contributed by atoms with Gasteiger partial charge in [0.25, 0.3) is 0 Å². The summed E-state index contributed by atoms with van der Waals surface area (Å²) < 4.78 is 18.0. The average Bonchev–Trinajstić information content (AvgIpc) is 3.11. The minimum absolute atomic E-state index is 0.146. The maximum atomic E-state index is 13.0. The number of aromatic nitrogens is 3. The molecule has 0 unspecified atom stereocenters. The lowest BCUT2D eigenvalue weighted by Gasteiger charge is -2.08. The number of hydrogen-bond acceptors (Lipinski definition) is 6. The Kier molecular flexibility index (Phi) is 4.40. The zero-order valence-electron chi connectivity index (χ0n) is 13.1. The van der Waals surface area contributed by atoms with Crippen LogP contribution in [0.3, 0.4) is 0 Å². The monoisotopic (exact) mass is 343 g/mol. The molecule has 3 N–H and O–H groups in total. The van der Waals surface area contributed by atoms with Crippen molar-refractivity contribution in [2.75, 3.05) is 7.11 Å². The lowest BCUT2D eigenvalue weighted by molar-refractivity contribution is -0.385. The van der Waals surface area contributed by atoms with Crippen LogP contribution >= 0.6 is 0 Å². The molecule has 0 aliphatic rings. The second kappa shape index (κ2) is 6.65. The highest BCUT2D eigenvalue weighted by molar-refractivity contribution is 5.63. The van der Waals surface area contributed by atoms with Gasteiger partial charge in [0.2, 0.25) is 0 Å². The SMILES string of the molecule is COc1ccc(-c2n[nH]c([C@H](N)c3ccc(F)cc3)n2)cc1[N+](=O)[O-]. The van der Waals surface area contributed by atoms with Crippen molar-refractivity contribution in [1.29, 1.82) is 0 Å². The minimum Gasteiger partial charge on any atom is -0.490 e. The molecule has 2 aromatic carbocycles. The molecule has 3 rings (SSSR count). The number of nitrogens with one attached hydrogen (secondary N) is 1. The summed E-state index contributed by atoms with van der Waals surface area (Å²) >= 11 is 0. The van der Waals surface area contributed by atoms with Crippen LogP contribution in [0.2, 0.25) is 0 Å². The lowest BCUT2D eigenvalue weighted by Crippen LogP contribution is -2.13. The number of aromatic amines is 1. The van der Waals surface area contributed by atoms with E-state index in [1.807, 2.05) is 0 Å². The molecule has 0 saturated heterocycles. The summed E-state index contributed by atoms with van der Waals surface area (Å²) in [6.07, 6.45) is 0. The van der Waals surface area contributed by atoms with Crippen molar-refractivity contribution in [2.45, 2.75) is 6.04 Å². The smallest absolute Gasteiger partial charge is 0.311 e. The summed E-state index contributed by atoms with van der Waals surface area (Å²) in [5.74, 6) is 0.408. The van der Waals surface area contributed by atoms with Crippen LogP contribution in [0.25, 0.3) is 11.4 Å². The maximum Gasteiger partial charge on any atom is 0.311 e. The number of rotatable bonds is 5. The summed E-state index contributed by atoms with van der Waals surface area (Å²) in [6, 6.07) is 9.51. The van der Waals surface area contributed by atoms with Gasteiger partial charge in [-0.25, -0.2) is 9.37 Å². The number of halogens is 1. The van der Waals surface area contributed by atoms with Crippen LogP contribution in [-0.4, -0.2) is 27.2 Å². The molecule has 128 valence electrons. The van der Waals surface area contributed by atoms with E-state index in [0.717, 1.165) is 0 Å². The first-order valence-corrected chi connectivity index (χ1v) is 7.25. The van der Waals surface area contributed by atoms with Gasteiger partial charge in [0.05, 0.1) is 18.1 Å². The first-order chi connectivity index (χ1) is 12.0. The minimum atomic E-state index is -0.630. The Morgan fingerprint density at radius 2 is 2.00 bits per heavy atom. The number of nitrogens with zero attached hydrogens (tertiary/aromatic N) is 3. The second-order valence-corrected chi connectivity index (χ2v) is 5.22. The number of ether oxygens (including phenoxy) is 1. The third-order valence-electron chi connectivity index (χ3n) is 3.66. The van der Waals surface area contributed by atoms with Crippen molar-refractivity contribution in [3.8, 4) is 17.1 Å². The highest BCUT2D eigenvalue weighted by Gasteiger charge is 2.19. The lowest BCUT2D eigenvalue weighted by atomic mass is 10.1. The molecule has 0 radical (unpaired) electrons. The molecule has 0 aliphatic carbocycles. The van der Waals surface area contributed by atoms with E-state index in [-0.39, 0.29) is 23.1 Å². The Balaban J connectivity index is 1.92. The van der Waals surface area contributed by atoms with Crippen LogP contribution in [0, 0.1) is 15.9 Å². The Hall–Kier alpha value is -3.33. The van der Waals surface area contributed by atoms with E-state index in [4.69, 9.17) is 10.5 Å². The molecule has 1 atom stereocenters. The standard InChI is InChI=1S/C16H14FN5O3/c1-25-13-7-4-10(8-12(13)22(23)24)15-19-16(21-20-15)14(18)9-2-5-11(17)6-3-9/h2-8,14H,18H2,1H3,(H,19,20,21)/t14-/m1/s1. The largest absolute Gasteiger partial charge is 0.490 e. The zero-order chi connectivity index (χ0) is 18.0. The maximum absolute atomic E-state index is 13.0. The number of methoxy groups -OCH3 is 1. The quantitative estimate of drug-likeness (QED) is 0.542. The van der Waals surface area contributed by atoms with Gasteiger partial charge in [-0.05, 0) is 29.8 Å². The summed E-state index contributed by atoms with van der Waals surface area (Å²) in [5, 5.41) is 17.9. The molecule has 0 bridgehead atoms. The van der Waals surface area contributed by atoms with Gasteiger partial charge in [0.15, 0.2) is 11.6 Å². The van der Waals surface area contributed by atoms with Gasteiger partial charge < -0.3 is 10.5 Å². The van der Waals surface area contributed by atoms with Crippen LogP contribution in [0.5, 0.6) is 5.75 Å². The molecule has 9 heteroatoms. The molecule has 0 amide bonds. The summed E-state index contributed by atoms with van der Waals surface area (Å²) in [7, 11) is 1.36. The van der Waals surface area contributed by atoms with E-state index >= 15 is 0 Å². The number of nitro groups is 1. The average molecular weight is 343 g/mol.